The minimum atomic E-state index is 0.663. The van der Waals surface area contributed by atoms with E-state index in [4.69, 9.17) is 27.7 Å². The summed E-state index contributed by atoms with van der Waals surface area (Å²) in [4.78, 5) is 0. The first kappa shape index (κ1) is 12.8. The molecule has 1 aromatic carbocycles. The Kier molecular flexibility index (Phi) is 4.37. The minimum absolute atomic E-state index is 0.663. The molecule has 0 radical (unpaired) electrons. The Morgan fingerprint density at radius 1 is 1.24 bits per heavy atom. The Bertz CT molecular complexity index is 513. The Hall–Kier alpha value is -0.640. The van der Waals surface area contributed by atoms with Crippen LogP contribution in [-0.4, -0.2) is 5.16 Å². The van der Waals surface area contributed by atoms with Gasteiger partial charge in [-0.25, -0.2) is 0 Å². The van der Waals surface area contributed by atoms with Crippen LogP contribution < -0.4 is 0 Å². The van der Waals surface area contributed by atoms with Crippen molar-refractivity contribution in [2.45, 2.75) is 18.4 Å². The number of aromatic nitrogens is 1. The number of hydrogen-bond donors (Lipinski definition) is 0. The zero-order valence-corrected chi connectivity index (χ0v) is 11.6. The Labute approximate surface area is 114 Å². The van der Waals surface area contributed by atoms with Gasteiger partial charge in [0.05, 0.1) is 5.69 Å². The highest BCUT2D eigenvalue weighted by Crippen LogP contribution is 2.26. The predicted molar refractivity (Wildman–Crippen MR) is 72.7 cm³/mol. The summed E-state index contributed by atoms with van der Waals surface area (Å²) >= 11 is 13.7. The van der Waals surface area contributed by atoms with E-state index in [2.05, 4.69) is 5.16 Å². The van der Waals surface area contributed by atoms with Crippen molar-refractivity contribution in [1.82, 2.24) is 5.16 Å². The van der Waals surface area contributed by atoms with Gasteiger partial charge in [0.25, 0.3) is 0 Å². The van der Waals surface area contributed by atoms with E-state index in [1.54, 1.807) is 17.8 Å². The molecule has 2 aromatic rings. The van der Waals surface area contributed by atoms with Crippen LogP contribution in [0.2, 0.25) is 10.0 Å². The molecule has 0 atom stereocenters. The van der Waals surface area contributed by atoms with Crippen molar-refractivity contribution in [1.29, 1.82) is 0 Å². The Morgan fingerprint density at radius 3 is 2.71 bits per heavy atom. The molecule has 0 aliphatic heterocycles. The van der Waals surface area contributed by atoms with Gasteiger partial charge in [-0.05, 0) is 24.6 Å². The molecule has 0 spiro atoms. The van der Waals surface area contributed by atoms with Crippen LogP contribution in [0.1, 0.15) is 17.0 Å². The fourth-order valence-corrected chi connectivity index (χ4v) is 2.86. The van der Waals surface area contributed by atoms with Gasteiger partial charge < -0.3 is 4.52 Å². The molecular formula is C12H11Cl2NOS. The fourth-order valence-electron chi connectivity index (χ4n) is 1.39. The zero-order valence-electron chi connectivity index (χ0n) is 9.24. The molecule has 0 fully saturated rings. The van der Waals surface area contributed by atoms with E-state index in [1.807, 2.05) is 25.1 Å². The fraction of sp³-hybridized carbons (Fsp3) is 0.250. The van der Waals surface area contributed by atoms with Crippen LogP contribution in [0.3, 0.4) is 0 Å². The van der Waals surface area contributed by atoms with Gasteiger partial charge in [0.2, 0.25) is 0 Å². The van der Waals surface area contributed by atoms with Gasteiger partial charge >= 0.3 is 0 Å². The first-order valence-corrected chi connectivity index (χ1v) is 7.00. The molecule has 0 aliphatic rings. The van der Waals surface area contributed by atoms with Crippen molar-refractivity contribution < 1.29 is 4.52 Å². The second kappa shape index (κ2) is 5.80. The molecule has 90 valence electrons. The maximum atomic E-state index is 6.08. The molecule has 2 rings (SSSR count). The largest absolute Gasteiger partial charge is 0.361 e. The minimum Gasteiger partial charge on any atom is -0.361 e. The van der Waals surface area contributed by atoms with Crippen LogP contribution in [-0.2, 0) is 11.5 Å². The molecule has 0 aliphatic carbocycles. The van der Waals surface area contributed by atoms with E-state index >= 15 is 0 Å². The molecule has 0 N–H and O–H groups in total. The van der Waals surface area contributed by atoms with Gasteiger partial charge in [-0.15, -0.1) is 0 Å². The number of benzene rings is 1. The quantitative estimate of drug-likeness (QED) is 0.814. The molecule has 0 bridgehead atoms. The molecule has 0 amide bonds. The van der Waals surface area contributed by atoms with Crippen molar-refractivity contribution in [3.8, 4) is 0 Å². The van der Waals surface area contributed by atoms with Crippen molar-refractivity contribution in [3.05, 3.63) is 51.3 Å². The van der Waals surface area contributed by atoms with Crippen LogP contribution in [0, 0.1) is 6.92 Å². The summed E-state index contributed by atoms with van der Waals surface area (Å²) in [5.74, 6) is 2.49. The molecular weight excluding hydrogens is 277 g/mol. The normalized spacial score (nSPS) is 10.8. The van der Waals surface area contributed by atoms with E-state index in [-0.39, 0.29) is 0 Å². The average Bonchev–Trinajstić information content (AvgIpc) is 2.68. The second-order valence-corrected chi connectivity index (χ2v) is 5.49. The number of hydrogen-bond acceptors (Lipinski definition) is 3. The third kappa shape index (κ3) is 3.66. The Morgan fingerprint density at radius 2 is 2.06 bits per heavy atom. The molecule has 1 heterocycles. The summed E-state index contributed by atoms with van der Waals surface area (Å²) in [5, 5.41) is 5.31. The highest BCUT2D eigenvalue weighted by molar-refractivity contribution is 7.97. The summed E-state index contributed by atoms with van der Waals surface area (Å²) in [5.41, 5.74) is 2.04. The monoisotopic (exact) mass is 287 g/mol. The average molecular weight is 288 g/mol. The van der Waals surface area contributed by atoms with Gasteiger partial charge in [0.1, 0.15) is 5.76 Å². The van der Waals surface area contributed by atoms with Gasteiger partial charge in [-0.3, -0.25) is 0 Å². The first-order chi connectivity index (χ1) is 8.15. The van der Waals surface area contributed by atoms with E-state index in [0.717, 1.165) is 28.5 Å². The zero-order chi connectivity index (χ0) is 12.3. The number of nitrogens with zero attached hydrogens (tertiary/aromatic N) is 1. The van der Waals surface area contributed by atoms with Crippen molar-refractivity contribution >= 4 is 35.0 Å². The maximum Gasteiger partial charge on any atom is 0.133 e. The van der Waals surface area contributed by atoms with Gasteiger partial charge in [-0.1, -0.05) is 34.4 Å². The molecule has 17 heavy (non-hydrogen) atoms. The van der Waals surface area contributed by atoms with Crippen molar-refractivity contribution in [3.63, 3.8) is 0 Å². The lowest BCUT2D eigenvalue weighted by Gasteiger charge is -2.03. The molecule has 0 saturated heterocycles. The molecule has 2 nitrogen and oxygen atoms in total. The van der Waals surface area contributed by atoms with Crippen LogP contribution in [0.15, 0.2) is 28.8 Å². The van der Waals surface area contributed by atoms with Crippen LogP contribution in [0.5, 0.6) is 0 Å². The summed E-state index contributed by atoms with van der Waals surface area (Å²) < 4.78 is 5.00. The summed E-state index contributed by atoms with van der Waals surface area (Å²) in [6.07, 6.45) is 0. The van der Waals surface area contributed by atoms with E-state index in [1.165, 1.54) is 0 Å². The number of halogens is 2. The van der Waals surface area contributed by atoms with Crippen LogP contribution >= 0.6 is 35.0 Å². The van der Waals surface area contributed by atoms with E-state index in [0.29, 0.717) is 10.0 Å². The standard InChI is InChI=1S/C12H11Cl2NOS/c1-8-4-11(15-16-8)7-17-6-9-2-3-10(13)5-12(9)14/h2-5H,6-7H2,1H3. The van der Waals surface area contributed by atoms with Crippen LogP contribution in [0.4, 0.5) is 0 Å². The second-order valence-electron chi connectivity index (χ2n) is 3.66. The molecule has 0 unspecified atom stereocenters. The lowest BCUT2D eigenvalue weighted by molar-refractivity contribution is 0.393. The van der Waals surface area contributed by atoms with Gasteiger partial charge in [-0.2, -0.15) is 11.8 Å². The summed E-state index contributed by atoms with van der Waals surface area (Å²) in [7, 11) is 0. The topological polar surface area (TPSA) is 26.0 Å². The van der Waals surface area contributed by atoms with Crippen molar-refractivity contribution in [2.24, 2.45) is 0 Å². The predicted octanol–water partition coefficient (Wildman–Crippen LogP) is 4.72. The summed E-state index contributed by atoms with van der Waals surface area (Å²) in [6.45, 7) is 1.89. The summed E-state index contributed by atoms with van der Waals surface area (Å²) in [6, 6.07) is 7.50. The maximum absolute atomic E-state index is 6.08. The van der Waals surface area contributed by atoms with Gasteiger partial charge in [0.15, 0.2) is 0 Å². The number of thioether (sulfide) groups is 1. The SMILES string of the molecule is Cc1cc(CSCc2ccc(Cl)cc2Cl)no1. The van der Waals surface area contributed by atoms with Gasteiger partial charge in [0, 0.05) is 27.6 Å². The number of aryl methyl sites for hydroxylation is 1. The lowest BCUT2D eigenvalue weighted by atomic mass is 10.2. The first-order valence-electron chi connectivity index (χ1n) is 5.09. The molecule has 1 aromatic heterocycles. The van der Waals surface area contributed by atoms with E-state index in [9.17, 15) is 0 Å². The van der Waals surface area contributed by atoms with E-state index < -0.39 is 0 Å². The highest BCUT2D eigenvalue weighted by Gasteiger charge is 2.04. The lowest BCUT2D eigenvalue weighted by Crippen LogP contribution is -1.85. The smallest absolute Gasteiger partial charge is 0.133 e. The highest BCUT2D eigenvalue weighted by atomic mass is 35.5. The van der Waals surface area contributed by atoms with Crippen LogP contribution in [0.25, 0.3) is 0 Å². The molecule has 0 saturated carbocycles. The Balaban J connectivity index is 1.90. The third-order valence-corrected chi connectivity index (χ3v) is 3.80. The molecule has 5 heteroatoms. The number of rotatable bonds is 4. The van der Waals surface area contributed by atoms with Crippen molar-refractivity contribution in [2.75, 3.05) is 0 Å². The third-order valence-electron chi connectivity index (χ3n) is 2.20.